The Balaban J connectivity index is 3.36. The molecule has 0 amide bonds. The van der Waals surface area contributed by atoms with Crippen molar-refractivity contribution in [1.82, 2.24) is 5.43 Å². The summed E-state index contributed by atoms with van der Waals surface area (Å²) in [4.78, 5) is 0. The van der Waals surface area contributed by atoms with Crippen molar-refractivity contribution >= 4 is 23.5 Å². The Labute approximate surface area is 111 Å². The van der Waals surface area contributed by atoms with Gasteiger partial charge in [0.1, 0.15) is 17.1 Å². The molecule has 1 aromatic carbocycles. The lowest BCUT2D eigenvalue weighted by molar-refractivity contribution is -0.140. The summed E-state index contributed by atoms with van der Waals surface area (Å²) in [7, 11) is 1.16. The molecule has 0 heterocycles. The number of halogens is 4. The Morgan fingerprint density at radius 1 is 1.47 bits per heavy atom. The van der Waals surface area contributed by atoms with Crippen LogP contribution in [0.25, 0.3) is 0 Å². The van der Waals surface area contributed by atoms with Crippen LogP contribution in [0.15, 0.2) is 17.2 Å². The van der Waals surface area contributed by atoms with Gasteiger partial charge < -0.3 is 10.5 Å². The lowest BCUT2D eigenvalue weighted by Gasteiger charge is -2.14. The maximum Gasteiger partial charge on any atom is 0.419 e. The molecule has 0 aliphatic rings. The highest BCUT2D eigenvalue weighted by Gasteiger charge is 2.37. The number of methoxy groups -OCH3 is 1. The molecule has 0 fully saturated rings. The van der Waals surface area contributed by atoms with Gasteiger partial charge in [-0.15, -0.1) is 0 Å². The SMILES string of the molecule is COc1ccc(F)c(C(F)(F)F)c1C=NNC(N)=S. The number of nitrogens with two attached hydrogens (primary N) is 1. The molecule has 0 aliphatic heterocycles. The third-order valence-electron chi connectivity index (χ3n) is 2.03. The van der Waals surface area contributed by atoms with Crippen molar-refractivity contribution in [2.45, 2.75) is 6.18 Å². The number of hydrazone groups is 1. The summed E-state index contributed by atoms with van der Waals surface area (Å²) in [5, 5.41) is 3.14. The standard InChI is InChI=1S/C10H9F4N3OS/c1-18-7-3-2-6(11)8(10(12,13)14)5(7)4-16-17-9(15)19/h2-4H,1H3,(H3,15,17,19). The van der Waals surface area contributed by atoms with Crippen LogP contribution in [0.3, 0.4) is 0 Å². The minimum atomic E-state index is -4.89. The lowest BCUT2D eigenvalue weighted by atomic mass is 10.1. The van der Waals surface area contributed by atoms with E-state index in [9.17, 15) is 17.6 Å². The Hall–Kier alpha value is -1.90. The van der Waals surface area contributed by atoms with E-state index in [1.54, 1.807) is 0 Å². The van der Waals surface area contributed by atoms with E-state index in [0.717, 1.165) is 19.4 Å². The molecule has 1 rings (SSSR count). The van der Waals surface area contributed by atoms with Gasteiger partial charge in [0.25, 0.3) is 0 Å². The monoisotopic (exact) mass is 295 g/mol. The fourth-order valence-corrected chi connectivity index (χ4v) is 1.38. The summed E-state index contributed by atoms with van der Waals surface area (Å²) in [5.74, 6) is -1.60. The number of hydrogen-bond acceptors (Lipinski definition) is 3. The third-order valence-corrected chi connectivity index (χ3v) is 2.12. The number of ether oxygens (including phenoxy) is 1. The Morgan fingerprint density at radius 3 is 2.58 bits per heavy atom. The van der Waals surface area contributed by atoms with Crippen molar-refractivity contribution in [2.24, 2.45) is 10.8 Å². The maximum absolute atomic E-state index is 13.3. The van der Waals surface area contributed by atoms with Gasteiger partial charge in [-0.1, -0.05) is 0 Å². The van der Waals surface area contributed by atoms with Crippen molar-refractivity contribution in [3.8, 4) is 5.75 Å². The quantitative estimate of drug-likeness (QED) is 0.388. The molecule has 0 saturated carbocycles. The van der Waals surface area contributed by atoms with Crippen LogP contribution in [-0.2, 0) is 6.18 Å². The predicted octanol–water partition coefficient (Wildman–Crippen LogP) is 2.02. The van der Waals surface area contributed by atoms with Gasteiger partial charge in [0.2, 0.25) is 0 Å². The fourth-order valence-electron chi connectivity index (χ4n) is 1.33. The Morgan fingerprint density at radius 2 is 2.11 bits per heavy atom. The van der Waals surface area contributed by atoms with E-state index in [-0.39, 0.29) is 10.9 Å². The zero-order valence-corrected chi connectivity index (χ0v) is 10.4. The minimum Gasteiger partial charge on any atom is -0.496 e. The molecule has 0 saturated heterocycles. The second-order valence-electron chi connectivity index (χ2n) is 3.27. The molecule has 4 nitrogen and oxygen atoms in total. The van der Waals surface area contributed by atoms with Gasteiger partial charge in [-0.05, 0) is 24.4 Å². The summed E-state index contributed by atoms with van der Waals surface area (Å²) in [5.41, 5.74) is 5.11. The highest BCUT2D eigenvalue weighted by Crippen LogP contribution is 2.37. The van der Waals surface area contributed by atoms with Crippen molar-refractivity contribution in [1.29, 1.82) is 0 Å². The molecule has 0 atom stereocenters. The van der Waals surface area contributed by atoms with Gasteiger partial charge in [0.05, 0.1) is 18.9 Å². The van der Waals surface area contributed by atoms with Crippen molar-refractivity contribution in [2.75, 3.05) is 7.11 Å². The van der Waals surface area contributed by atoms with Gasteiger partial charge in [-0.2, -0.15) is 18.3 Å². The number of nitrogens with zero attached hydrogens (tertiary/aromatic N) is 1. The van der Waals surface area contributed by atoms with Crippen LogP contribution in [-0.4, -0.2) is 18.4 Å². The summed E-state index contributed by atoms with van der Waals surface area (Å²) in [6.45, 7) is 0. The molecule has 0 aliphatic carbocycles. The first kappa shape index (κ1) is 15.2. The van der Waals surface area contributed by atoms with E-state index in [1.807, 2.05) is 0 Å². The predicted molar refractivity (Wildman–Crippen MR) is 65.5 cm³/mol. The number of rotatable bonds is 3. The van der Waals surface area contributed by atoms with Crippen LogP contribution in [0.1, 0.15) is 11.1 Å². The highest BCUT2D eigenvalue weighted by molar-refractivity contribution is 7.80. The van der Waals surface area contributed by atoms with Gasteiger partial charge in [-0.25, -0.2) is 4.39 Å². The van der Waals surface area contributed by atoms with Crippen LogP contribution in [0.2, 0.25) is 0 Å². The molecule has 0 radical (unpaired) electrons. The summed E-state index contributed by atoms with van der Waals surface area (Å²) >= 11 is 4.43. The molecule has 3 N–H and O–H groups in total. The topological polar surface area (TPSA) is 59.6 Å². The molecule has 19 heavy (non-hydrogen) atoms. The van der Waals surface area contributed by atoms with E-state index in [2.05, 4.69) is 22.7 Å². The number of thiocarbonyl (C=S) groups is 1. The van der Waals surface area contributed by atoms with E-state index in [1.165, 1.54) is 0 Å². The average Bonchev–Trinajstić information content (AvgIpc) is 2.27. The zero-order chi connectivity index (χ0) is 14.6. The third kappa shape index (κ3) is 3.78. The Kier molecular flexibility index (Phi) is 4.65. The maximum atomic E-state index is 13.3. The van der Waals surface area contributed by atoms with E-state index in [0.29, 0.717) is 6.07 Å². The van der Waals surface area contributed by atoms with E-state index in [4.69, 9.17) is 10.5 Å². The molecule has 1 aromatic rings. The molecule has 0 bridgehead atoms. The lowest BCUT2D eigenvalue weighted by Crippen LogP contribution is -2.24. The highest BCUT2D eigenvalue weighted by atomic mass is 32.1. The number of hydrogen-bond donors (Lipinski definition) is 2. The molecule has 0 unspecified atom stereocenters. The second-order valence-corrected chi connectivity index (χ2v) is 3.71. The first-order valence-corrected chi connectivity index (χ1v) is 5.20. The van der Waals surface area contributed by atoms with Gasteiger partial charge >= 0.3 is 6.18 Å². The van der Waals surface area contributed by atoms with Crippen molar-refractivity contribution in [3.05, 3.63) is 29.1 Å². The van der Waals surface area contributed by atoms with Crippen molar-refractivity contribution < 1.29 is 22.3 Å². The normalized spacial score (nSPS) is 11.6. The molecular weight excluding hydrogens is 286 g/mol. The molecule has 104 valence electrons. The first-order valence-electron chi connectivity index (χ1n) is 4.79. The smallest absolute Gasteiger partial charge is 0.419 e. The summed E-state index contributed by atoms with van der Waals surface area (Å²) in [6, 6.07) is 1.73. The van der Waals surface area contributed by atoms with Gasteiger partial charge in [-0.3, -0.25) is 5.43 Å². The average molecular weight is 295 g/mol. The largest absolute Gasteiger partial charge is 0.496 e. The van der Waals surface area contributed by atoms with Gasteiger partial charge in [0, 0.05) is 0 Å². The molecular formula is C10H9F4N3OS. The summed E-state index contributed by atoms with van der Waals surface area (Å²) < 4.78 is 56.4. The van der Waals surface area contributed by atoms with Crippen LogP contribution in [0, 0.1) is 5.82 Å². The van der Waals surface area contributed by atoms with Crippen LogP contribution < -0.4 is 15.9 Å². The molecule has 0 aromatic heterocycles. The molecule has 0 spiro atoms. The Bertz CT molecular complexity index is 516. The van der Waals surface area contributed by atoms with Crippen LogP contribution in [0.4, 0.5) is 17.6 Å². The molecule has 9 heteroatoms. The first-order chi connectivity index (χ1) is 8.77. The number of alkyl halides is 3. The van der Waals surface area contributed by atoms with Crippen molar-refractivity contribution in [3.63, 3.8) is 0 Å². The van der Waals surface area contributed by atoms with Crippen LogP contribution in [0.5, 0.6) is 5.75 Å². The number of benzene rings is 1. The van der Waals surface area contributed by atoms with E-state index >= 15 is 0 Å². The second kappa shape index (κ2) is 5.83. The van der Waals surface area contributed by atoms with E-state index < -0.39 is 23.1 Å². The fraction of sp³-hybridized carbons (Fsp3) is 0.200. The number of nitrogens with one attached hydrogen (secondary N) is 1. The zero-order valence-electron chi connectivity index (χ0n) is 9.58. The summed E-state index contributed by atoms with van der Waals surface area (Å²) in [6.07, 6.45) is -4.15. The van der Waals surface area contributed by atoms with Crippen LogP contribution >= 0.6 is 12.2 Å². The van der Waals surface area contributed by atoms with Gasteiger partial charge in [0.15, 0.2) is 5.11 Å². The minimum absolute atomic E-state index is 0.179.